The highest BCUT2D eigenvalue weighted by Crippen LogP contribution is 2.30. The van der Waals surface area contributed by atoms with E-state index in [1.54, 1.807) is 23.6 Å². The molecule has 1 aliphatic rings. The van der Waals surface area contributed by atoms with E-state index in [4.69, 9.17) is 4.98 Å². The lowest BCUT2D eigenvalue weighted by atomic mass is 10.2. The molecule has 3 heterocycles. The Kier molecular flexibility index (Phi) is 5.80. The Bertz CT molecular complexity index is 1310. The lowest BCUT2D eigenvalue weighted by molar-refractivity contribution is -0.129. The summed E-state index contributed by atoms with van der Waals surface area (Å²) in [7, 11) is 0. The molecular weight excluding hydrogens is 440 g/mol. The van der Waals surface area contributed by atoms with Crippen LogP contribution in [-0.4, -0.2) is 37.1 Å². The first-order chi connectivity index (χ1) is 15.6. The summed E-state index contributed by atoms with van der Waals surface area (Å²) in [6, 6.07) is 13.4. The van der Waals surface area contributed by atoms with Crippen molar-refractivity contribution in [2.24, 2.45) is 0 Å². The van der Waals surface area contributed by atoms with E-state index in [9.17, 15) is 9.59 Å². The van der Waals surface area contributed by atoms with Gasteiger partial charge < -0.3 is 4.90 Å². The zero-order valence-electron chi connectivity index (χ0n) is 17.6. The van der Waals surface area contributed by atoms with Gasteiger partial charge in [-0.25, -0.2) is 14.5 Å². The number of aromatic nitrogens is 3. The minimum absolute atomic E-state index is 0.0644. The Morgan fingerprint density at radius 3 is 2.78 bits per heavy atom. The van der Waals surface area contributed by atoms with Crippen LogP contribution in [0.1, 0.15) is 24.0 Å². The number of carbonyl (C=O) groups excluding carboxylic acids is 1. The fourth-order valence-electron chi connectivity index (χ4n) is 3.60. The van der Waals surface area contributed by atoms with Crippen molar-refractivity contribution < 1.29 is 4.79 Å². The second kappa shape index (κ2) is 8.88. The van der Waals surface area contributed by atoms with E-state index in [2.05, 4.69) is 16.4 Å². The average molecular weight is 463 g/mol. The SMILES string of the molecule is Cc1ccc(-n2c(SCC(=O)N(Cc3ccsc3)C3CC3)nc3ccccc3c2=O)nc1. The number of rotatable bonds is 7. The van der Waals surface area contributed by atoms with Crippen LogP contribution in [0.2, 0.25) is 0 Å². The maximum atomic E-state index is 13.3. The number of benzene rings is 1. The number of fused-ring (bicyclic) bond motifs is 1. The van der Waals surface area contributed by atoms with Crippen molar-refractivity contribution in [2.75, 3.05) is 5.75 Å². The van der Waals surface area contributed by atoms with Gasteiger partial charge in [0, 0.05) is 18.8 Å². The van der Waals surface area contributed by atoms with Gasteiger partial charge in [0.1, 0.15) is 5.82 Å². The van der Waals surface area contributed by atoms with Crippen LogP contribution in [0.25, 0.3) is 16.7 Å². The van der Waals surface area contributed by atoms with Gasteiger partial charge in [-0.15, -0.1) is 0 Å². The molecule has 0 aliphatic heterocycles. The van der Waals surface area contributed by atoms with Crippen LogP contribution in [0.3, 0.4) is 0 Å². The monoisotopic (exact) mass is 462 g/mol. The number of thiophene rings is 1. The minimum atomic E-state index is -0.181. The summed E-state index contributed by atoms with van der Waals surface area (Å²) in [5.41, 5.74) is 2.60. The number of thioether (sulfide) groups is 1. The molecule has 1 aliphatic carbocycles. The quantitative estimate of drug-likeness (QED) is 0.300. The Morgan fingerprint density at radius 1 is 1.22 bits per heavy atom. The number of carbonyl (C=O) groups is 1. The highest BCUT2D eigenvalue weighted by Gasteiger charge is 2.32. The maximum absolute atomic E-state index is 13.3. The number of hydrogen-bond acceptors (Lipinski definition) is 6. The van der Waals surface area contributed by atoms with Gasteiger partial charge in [-0.2, -0.15) is 11.3 Å². The maximum Gasteiger partial charge on any atom is 0.267 e. The number of nitrogens with zero attached hydrogens (tertiary/aromatic N) is 4. The predicted octanol–water partition coefficient (Wildman–Crippen LogP) is 4.43. The van der Waals surface area contributed by atoms with Gasteiger partial charge in [0.05, 0.1) is 16.7 Å². The highest BCUT2D eigenvalue weighted by atomic mass is 32.2. The van der Waals surface area contributed by atoms with Gasteiger partial charge in [0.15, 0.2) is 5.16 Å². The van der Waals surface area contributed by atoms with Crippen molar-refractivity contribution in [3.8, 4) is 5.82 Å². The summed E-state index contributed by atoms with van der Waals surface area (Å²) in [4.78, 5) is 37.6. The lowest BCUT2D eigenvalue weighted by Crippen LogP contribution is -2.34. The van der Waals surface area contributed by atoms with E-state index in [-0.39, 0.29) is 17.2 Å². The molecule has 0 saturated heterocycles. The fraction of sp³-hybridized carbons (Fsp3) is 0.250. The van der Waals surface area contributed by atoms with Crippen molar-refractivity contribution in [3.05, 3.63) is 80.9 Å². The number of para-hydroxylation sites is 1. The molecule has 0 radical (unpaired) electrons. The van der Waals surface area contributed by atoms with E-state index in [1.807, 2.05) is 47.5 Å². The van der Waals surface area contributed by atoms with Crippen molar-refractivity contribution >= 4 is 39.9 Å². The first-order valence-corrected chi connectivity index (χ1v) is 12.4. The van der Waals surface area contributed by atoms with Gasteiger partial charge in [-0.1, -0.05) is 30.0 Å². The van der Waals surface area contributed by atoms with E-state index in [0.29, 0.717) is 34.5 Å². The third kappa shape index (κ3) is 4.33. The number of pyridine rings is 1. The molecule has 1 fully saturated rings. The Hall–Kier alpha value is -2.97. The minimum Gasteiger partial charge on any atom is -0.335 e. The highest BCUT2D eigenvalue weighted by molar-refractivity contribution is 7.99. The normalized spacial score (nSPS) is 13.4. The molecule has 8 heteroatoms. The van der Waals surface area contributed by atoms with Crippen LogP contribution in [0.4, 0.5) is 0 Å². The van der Waals surface area contributed by atoms with E-state index in [1.165, 1.54) is 16.3 Å². The molecule has 162 valence electrons. The molecule has 6 nitrogen and oxygen atoms in total. The van der Waals surface area contributed by atoms with Gasteiger partial charge in [0.25, 0.3) is 5.56 Å². The molecule has 0 N–H and O–H groups in total. The largest absolute Gasteiger partial charge is 0.335 e. The third-order valence-corrected chi connectivity index (χ3v) is 7.09. The topological polar surface area (TPSA) is 68.1 Å². The zero-order chi connectivity index (χ0) is 22.1. The van der Waals surface area contributed by atoms with Crippen LogP contribution < -0.4 is 5.56 Å². The molecule has 4 aromatic rings. The van der Waals surface area contributed by atoms with Crippen molar-refractivity contribution in [1.82, 2.24) is 19.4 Å². The van der Waals surface area contributed by atoms with Crippen LogP contribution in [0.5, 0.6) is 0 Å². The van der Waals surface area contributed by atoms with Crippen LogP contribution in [0.15, 0.2) is 69.4 Å². The molecule has 1 saturated carbocycles. The molecule has 3 aromatic heterocycles. The second-order valence-electron chi connectivity index (χ2n) is 7.92. The van der Waals surface area contributed by atoms with E-state index in [0.717, 1.165) is 24.0 Å². The summed E-state index contributed by atoms with van der Waals surface area (Å²) in [5.74, 6) is 0.790. The molecular formula is C24H22N4O2S2. The standard InChI is InChI=1S/C24H22N4O2S2/c1-16-6-9-21(25-12-16)28-23(30)19-4-2-3-5-20(19)26-24(28)32-15-22(29)27(18-7-8-18)13-17-10-11-31-14-17/h2-6,9-12,14,18H,7-8,13,15H2,1H3. The first kappa shape index (κ1) is 20.9. The van der Waals surface area contributed by atoms with E-state index >= 15 is 0 Å². The van der Waals surface area contributed by atoms with Crippen LogP contribution >= 0.6 is 23.1 Å². The van der Waals surface area contributed by atoms with Crippen molar-refractivity contribution in [3.63, 3.8) is 0 Å². The van der Waals surface area contributed by atoms with Gasteiger partial charge in [-0.05, 0) is 65.9 Å². The molecule has 0 bridgehead atoms. The summed E-state index contributed by atoms with van der Waals surface area (Å²) >= 11 is 2.93. The molecule has 5 rings (SSSR count). The summed E-state index contributed by atoms with van der Waals surface area (Å²) in [6.07, 6.45) is 3.83. The Labute approximate surface area is 193 Å². The predicted molar refractivity (Wildman–Crippen MR) is 128 cm³/mol. The second-order valence-corrected chi connectivity index (χ2v) is 9.64. The van der Waals surface area contributed by atoms with Gasteiger partial charge in [-0.3, -0.25) is 9.59 Å². The zero-order valence-corrected chi connectivity index (χ0v) is 19.2. The number of hydrogen-bond donors (Lipinski definition) is 0. The smallest absolute Gasteiger partial charge is 0.267 e. The lowest BCUT2D eigenvalue weighted by Gasteiger charge is -2.22. The van der Waals surface area contributed by atoms with Crippen molar-refractivity contribution in [1.29, 1.82) is 0 Å². The number of amides is 1. The Balaban J connectivity index is 1.46. The molecule has 0 spiro atoms. The van der Waals surface area contributed by atoms with Crippen LogP contribution in [0, 0.1) is 6.92 Å². The molecule has 1 aromatic carbocycles. The Morgan fingerprint density at radius 2 is 2.06 bits per heavy atom. The molecule has 0 atom stereocenters. The molecule has 1 amide bonds. The summed E-state index contributed by atoms with van der Waals surface area (Å²) < 4.78 is 1.51. The fourth-order valence-corrected chi connectivity index (χ4v) is 5.15. The molecule has 0 unspecified atom stereocenters. The third-order valence-electron chi connectivity index (χ3n) is 5.44. The summed E-state index contributed by atoms with van der Waals surface area (Å²) in [5, 5.41) is 5.13. The number of aryl methyl sites for hydroxylation is 1. The van der Waals surface area contributed by atoms with Gasteiger partial charge in [0.2, 0.25) is 5.91 Å². The van der Waals surface area contributed by atoms with E-state index < -0.39 is 0 Å². The first-order valence-electron chi connectivity index (χ1n) is 10.5. The van der Waals surface area contributed by atoms with Gasteiger partial charge >= 0.3 is 0 Å². The molecule has 32 heavy (non-hydrogen) atoms. The summed E-state index contributed by atoms with van der Waals surface area (Å²) in [6.45, 7) is 2.58. The van der Waals surface area contributed by atoms with Crippen LogP contribution in [-0.2, 0) is 11.3 Å². The average Bonchev–Trinajstić information content (AvgIpc) is 3.52. The van der Waals surface area contributed by atoms with Crippen molar-refractivity contribution in [2.45, 2.75) is 37.5 Å².